The summed E-state index contributed by atoms with van der Waals surface area (Å²) in [6, 6.07) is 5.74. The van der Waals surface area contributed by atoms with E-state index in [4.69, 9.17) is 16.3 Å². The van der Waals surface area contributed by atoms with Crippen LogP contribution in [0.25, 0.3) is 11.1 Å². The van der Waals surface area contributed by atoms with Crippen molar-refractivity contribution in [3.05, 3.63) is 87.9 Å². The number of carbonyl (C=O) groups excluding carboxylic acids is 2. The van der Waals surface area contributed by atoms with Gasteiger partial charge in [-0.1, -0.05) is 42.5 Å². The third kappa shape index (κ3) is 5.17. The molecule has 1 aromatic heterocycles. The highest BCUT2D eigenvalue weighted by Crippen LogP contribution is 2.39. The van der Waals surface area contributed by atoms with Gasteiger partial charge in [-0.15, -0.1) is 0 Å². The highest BCUT2D eigenvalue weighted by molar-refractivity contribution is 6.31. The predicted octanol–water partition coefficient (Wildman–Crippen LogP) is 5.59. The lowest BCUT2D eigenvalue weighted by Gasteiger charge is -2.19. The Kier molecular flexibility index (Phi) is 7.65. The number of methoxy groups -OCH3 is 1. The van der Waals surface area contributed by atoms with E-state index in [1.165, 1.54) is 23.9 Å². The van der Waals surface area contributed by atoms with Gasteiger partial charge in [-0.2, -0.15) is 0 Å². The number of carbonyl (C=O) groups is 2. The molecule has 1 saturated carbocycles. The molecule has 1 atom stereocenters. The van der Waals surface area contributed by atoms with Crippen molar-refractivity contribution < 1.29 is 14.3 Å². The number of hydrogen-bond donors (Lipinski definition) is 0. The molecule has 32 heavy (non-hydrogen) atoms. The van der Waals surface area contributed by atoms with Gasteiger partial charge in [-0.3, -0.25) is 9.59 Å². The molecule has 1 fully saturated rings. The van der Waals surface area contributed by atoms with Gasteiger partial charge in [0.2, 0.25) is 0 Å². The number of nitrogens with zero attached hydrogens (tertiary/aromatic N) is 1. The molecule has 1 aromatic carbocycles. The van der Waals surface area contributed by atoms with Gasteiger partial charge in [-0.25, -0.2) is 0 Å². The molecular formula is C26H26ClNO4. The number of ketones is 1. The van der Waals surface area contributed by atoms with Gasteiger partial charge in [0.25, 0.3) is 5.56 Å². The van der Waals surface area contributed by atoms with Crippen LogP contribution in [0.5, 0.6) is 5.75 Å². The van der Waals surface area contributed by atoms with Crippen LogP contribution in [0.2, 0.25) is 5.02 Å². The first-order valence-corrected chi connectivity index (χ1v) is 10.8. The average Bonchev–Trinajstić information content (AvgIpc) is 3.64. The van der Waals surface area contributed by atoms with Gasteiger partial charge in [0.15, 0.2) is 5.78 Å². The van der Waals surface area contributed by atoms with Gasteiger partial charge >= 0.3 is 0 Å². The first-order valence-electron chi connectivity index (χ1n) is 10.5. The third-order valence-electron chi connectivity index (χ3n) is 5.53. The van der Waals surface area contributed by atoms with Crippen molar-refractivity contribution in [2.75, 3.05) is 7.11 Å². The van der Waals surface area contributed by atoms with E-state index in [2.05, 4.69) is 6.58 Å². The van der Waals surface area contributed by atoms with Crippen LogP contribution in [0.15, 0.2) is 71.7 Å². The molecule has 166 valence electrons. The molecule has 0 aliphatic heterocycles. The maximum Gasteiger partial charge on any atom is 0.252 e. The quantitative estimate of drug-likeness (QED) is 0.268. The minimum Gasteiger partial charge on any atom is -0.495 e. The Balaban J connectivity index is 2.08. The smallest absolute Gasteiger partial charge is 0.252 e. The summed E-state index contributed by atoms with van der Waals surface area (Å²) in [4.78, 5) is 37.8. The van der Waals surface area contributed by atoms with Crippen LogP contribution in [-0.4, -0.2) is 23.7 Å². The number of rotatable bonds is 10. The first kappa shape index (κ1) is 23.5. The summed E-state index contributed by atoms with van der Waals surface area (Å²) in [6.07, 6.45) is 11.5. The molecule has 0 bridgehead atoms. The lowest BCUT2D eigenvalue weighted by Crippen LogP contribution is -2.25. The van der Waals surface area contributed by atoms with Crippen LogP contribution >= 0.6 is 11.6 Å². The highest BCUT2D eigenvalue weighted by Gasteiger charge is 2.32. The van der Waals surface area contributed by atoms with Crippen molar-refractivity contribution in [1.82, 2.24) is 4.57 Å². The van der Waals surface area contributed by atoms with E-state index in [1.54, 1.807) is 30.4 Å². The van der Waals surface area contributed by atoms with Crippen LogP contribution in [0.3, 0.4) is 0 Å². The number of hydrogen-bond acceptors (Lipinski definition) is 4. The molecule has 3 rings (SSSR count). The van der Waals surface area contributed by atoms with Crippen LogP contribution in [-0.2, 0) is 4.79 Å². The van der Waals surface area contributed by atoms with E-state index in [1.807, 2.05) is 19.1 Å². The Morgan fingerprint density at radius 2 is 2.06 bits per heavy atom. The number of benzene rings is 1. The second-order valence-corrected chi connectivity index (χ2v) is 8.13. The van der Waals surface area contributed by atoms with Crippen molar-refractivity contribution >= 4 is 23.7 Å². The molecule has 5 nitrogen and oxygen atoms in total. The molecule has 1 aliphatic carbocycles. The Morgan fingerprint density at radius 1 is 1.31 bits per heavy atom. The van der Waals surface area contributed by atoms with E-state index >= 15 is 0 Å². The Labute approximate surface area is 192 Å². The van der Waals surface area contributed by atoms with Crippen molar-refractivity contribution in [3.8, 4) is 16.9 Å². The van der Waals surface area contributed by atoms with Crippen LogP contribution in [0, 0.1) is 5.92 Å². The standard InChI is InChI=1S/C26H26ClNO4/c1-4-6-7-17(5-2)12-20(16-29)28-15-24(32-3)23(14-25(28)30)22-13-19(27)10-11-21(22)26(31)18-8-9-18/h4-7,10-11,13-16,18,20H,1,8-9,12H2,2-3H3/b7-6-,17-5+. The summed E-state index contributed by atoms with van der Waals surface area (Å²) >= 11 is 6.22. The molecule has 0 saturated heterocycles. The predicted molar refractivity (Wildman–Crippen MR) is 128 cm³/mol. The van der Waals surface area contributed by atoms with Crippen molar-refractivity contribution in [2.24, 2.45) is 5.92 Å². The minimum absolute atomic E-state index is 0.0172. The van der Waals surface area contributed by atoms with Crippen molar-refractivity contribution in [2.45, 2.75) is 32.2 Å². The zero-order valence-electron chi connectivity index (χ0n) is 18.2. The zero-order chi connectivity index (χ0) is 23.3. The fourth-order valence-electron chi connectivity index (χ4n) is 3.61. The van der Waals surface area contributed by atoms with Gasteiger partial charge in [0.05, 0.1) is 19.3 Å². The van der Waals surface area contributed by atoms with Crippen LogP contribution in [0.4, 0.5) is 0 Å². The van der Waals surface area contributed by atoms with Crippen LogP contribution < -0.4 is 10.3 Å². The van der Waals surface area contributed by atoms with E-state index in [-0.39, 0.29) is 17.3 Å². The average molecular weight is 452 g/mol. The second-order valence-electron chi connectivity index (χ2n) is 7.70. The van der Waals surface area contributed by atoms with Crippen molar-refractivity contribution in [1.29, 1.82) is 0 Å². The number of Topliss-reactive ketones (excluding diaryl/α,β-unsaturated/α-hetero) is 1. The van der Waals surface area contributed by atoms with Gasteiger partial charge in [-0.05, 0) is 55.5 Å². The molecule has 0 amide bonds. The zero-order valence-corrected chi connectivity index (χ0v) is 19.0. The van der Waals surface area contributed by atoms with E-state index in [0.29, 0.717) is 33.9 Å². The van der Waals surface area contributed by atoms with E-state index < -0.39 is 6.04 Å². The fraction of sp³-hybridized carbons (Fsp3) is 0.269. The highest BCUT2D eigenvalue weighted by atomic mass is 35.5. The molecule has 0 N–H and O–H groups in total. The summed E-state index contributed by atoms with van der Waals surface area (Å²) in [5.74, 6) is 0.441. The largest absolute Gasteiger partial charge is 0.495 e. The molecule has 6 heteroatoms. The summed E-state index contributed by atoms with van der Waals surface area (Å²) < 4.78 is 6.92. The summed E-state index contributed by atoms with van der Waals surface area (Å²) in [5.41, 5.74) is 2.07. The molecule has 1 aliphatic rings. The van der Waals surface area contributed by atoms with E-state index in [0.717, 1.165) is 24.7 Å². The van der Waals surface area contributed by atoms with Crippen LogP contribution in [0.1, 0.15) is 42.6 Å². The number of pyridine rings is 1. The fourth-order valence-corrected chi connectivity index (χ4v) is 3.78. The molecule has 0 radical (unpaired) electrons. The summed E-state index contributed by atoms with van der Waals surface area (Å²) in [7, 11) is 1.49. The SMILES string of the molecule is C=C/C=C\C(=C/C)CC(C=O)n1cc(OC)c(-c2cc(Cl)ccc2C(=O)C2CC2)cc1=O. The maximum absolute atomic E-state index is 13.1. The number of allylic oxidation sites excluding steroid dienone is 5. The molecule has 1 unspecified atom stereocenters. The third-order valence-corrected chi connectivity index (χ3v) is 5.76. The molecular weight excluding hydrogens is 426 g/mol. The topological polar surface area (TPSA) is 65.4 Å². The van der Waals surface area contributed by atoms with Gasteiger partial charge in [0.1, 0.15) is 12.0 Å². The normalized spacial score (nSPS) is 14.9. The Hall–Kier alpha value is -3.18. The molecule has 1 heterocycles. The van der Waals surface area contributed by atoms with Gasteiger partial charge in [0, 0.05) is 28.1 Å². The lowest BCUT2D eigenvalue weighted by molar-refractivity contribution is -0.110. The second kappa shape index (κ2) is 10.4. The molecule has 0 spiro atoms. The summed E-state index contributed by atoms with van der Waals surface area (Å²) in [6.45, 7) is 5.52. The number of aromatic nitrogens is 1. The lowest BCUT2D eigenvalue weighted by atomic mass is 9.95. The Bertz CT molecular complexity index is 1150. The number of halogens is 1. The molecule has 2 aromatic rings. The first-order chi connectivity index (χ1) is 15.4. The number of ether oxygens (including phenoxy) is 1. The maximum atomic E-state index is 13.1. The Morgan fingerprint density at radius 3 is 2.66 bits per heavy atom. The van der Waals surface area contributed by atoms with Gasteiger partial charge < -0.3 is 14.1 Å². The monoisotopic (exact) mass is 451 g/mol. The van der Waals surface area contributed by atoms with E-state index in [9.17, 15) is 14.4 Å². The van der Waals surface area contributed by atoms with Crippen molar-refractivity contribution in [3.63, 3.8) is 0 Å². The number of aldehydes is 1. The summed E-state index contributed by atoms with van der Waals surface area (Å²) in [5, 5.41) is 0.455. The minimum atomic E-state index is -0.710.